The number of fused-ring (bicyclic) bond motifs is 1. The normalized spacial score (nSPS) is 14.9. The first-order valence-corrected chi connectivity index (χ1v) is 10.7. The van der Waals surface area contributed by atoms with E-state index in [1.807, 2.05) is 12.1 Å². The van der Waals surface area contributed by atoms with E-state index in [-0.39, 0.29) is 5.56 Å². The van der Waals surface area contributed by atoms with Gasteiger partial charge in [-0.1, -0.05) is 32.3 Å². The first-order valence-electron chi connectivity index (χ1n) is 10.3. The number of aromatic amines is 1. The fourth-order valence-corrected chi connectivity index (χ4v) is 4.26. The van der Waals surface area contributed by atoms with Crippen LogP contribution in [0.3, 0.4) is 0 Å². The third-order valence-corrected chi connectivity index (χ3v) is 5.97. The molecular formula is C22H31N3O2S. The highest BCUT2D eigenvalue weighted by Gasteiger charge is 2.24. The predicted molar refractivity (Wildman–Crippen MR) is 119 cm³/mol. The number of aromatic nitrogens is 1. The van der Waals surface area contributed by atoms with Crippen molar-refractivity contribution in [1.29, 1.82) is 0 Å². The average Bonchev–Trinajstić information content (AvgIpc) is 2.72. The molecule has 5 nitrogen and oxygen atoms in total. The standard InChI is InChI=1S/C22H31N3O2S/c1-3-16-9-10-20-17(13-16)14-18(21(26)24-20)15-25(19-7-5-4-6-8-19)22(28)23-11-12-27-2/h9-10,13-14,19H,3-8,11-12,15H2,1-2H3,(H,23,28)(H,24,26). The quantitative estimate of drug-likeness (QED) is 0.547. The van der Waals surface area contributed by atoms with Gasteiger partial charge in [0.1, 0.15) is 0 Å². The number of nitrogens with zero attached hydrogens (tertiary/aromatic N) is 1. The topological polar surface area (TPSA) is 57.4 Å². The van der Waals surface area contributed by atoms with Crippen LogP contribution in [0.2, 0.25) is 0 Å². The van der Waals surface area contributed by atoms with E-state index in [4.69, 9.17) is 17.0 Å². The summed E-state index contributed by atoms with van der Waals surface area (Å²) >= 11 is 5.69. The number of thiocarbonyl (C=S) groups is 1. The molecule has 0 aliphatic heterocycles. The number of rotatable bonds is 7. The summed E-state index contributed by atoms with van der Waals surface area (Å²) in [5.74, 6) is 0. The van der Waals surface area contributed by atoms with Gasteiger partial charge in [0.05, 0.1) is 13.2 Å². The Morgan fingerprint density at radius 3 is 2.79 bits per heavy atom. The molecule has 0 saturated heterocycles. The minimum absolute atomic E-state index is 0.0303. The number of methoxy groups -OCH3 is 1. The molecule has 0 unspecified atom stereocenters. The van der Waals surface area contributed by atoms with E-state index < -0.39 is 0 Å². The highest BCUT2D eigenvalue weighted by molar-refractivity contribution is 7.80. The lowest BCUT2D eigenvalue weighted by Gasteiger charge is -2.36. The molecule has 1 aliphatic rings. The van der Waals surface area contributed by atoms with Gasteiger partial charge in [-0.3, -0.25) is 4.79 Å². The van der Waals surface area contributed by atoms with Gasteiger partial charge in [-0.25, -0.2) is 0 Å². The van der Waals surface area contributed by atoms with Crippen LogP contribution in [0.15, 0.2) is 29.1 Å². The maximum atomic E-state index is 12.7. The Bertz CT molecular complexity index is 858. The maximum Gasteiger partial charge on any atom is 0.253 e. The largest absolute Gasteiger partial charge is 0.383 e. The van der Waals surface area contributed by atoms with E-state index in [0.29, 0.717) is 30.9 Å². The van der Waals surface area contributed by atoms with Crippen molar-refractivity contribution in [3.63, 3.8) is 0 Å². The molecule has 0 bridgehead atoms. The molecule has 1 aromatic heterocycles. The van der Waals surface area contributed by atoms with Gasteiger partial charge in [-0.05, 0) is 60.6 Å². The van der Waals surface area contributed by atoms with Crippen LogP contribution in [0, 0.1) is 0 Å². The molecule has 1 fully saturated rings. The highest BCUT2D eigenvalue weighted by atomic mass is 32.1. The minimum Gasteiger partial charge on any atom is -0.383 e. The lowest BCUT2D eigenvalue weighted by atomic mass is 9.94. The fraction of sp³-hybridized carbons (Fsp3) is 0.545. The molecule has 2 aromatic rings. The van der Waals surface area contributed by atoms with Gasteiger partial charge in [-0.15, -0.1) is 0 Å². The molecule has 0 spiro atoms. The zero-order valence-electron chi connectivity index (χ0n) is 16.9. The van der Waals surface area contributed by atoms with E-state index in [0.717, 1.165) is 35.7 Å². The number of H-pyrrole nitrogens is 1. The second-order valence-electron chi connectivity index (χ2n) is 7.54. The van der Waals surface area contributed by atoms with Crippen LogP contribution < -0.4 is 10.9 Å². The van der Waals surface area contributed by atoms with Crippen molar-refractivity contribution in [1.82, 2.24) is 15.2 Å². The molecule has 28 heavy (non-hydrogen) atoms. The Balaban J connectivity index is 1.86. The number of ether oxygens (including phenoxy) is 1. The summed E-state index contributed by atoms with van der Waals surface area (Å²) in [6.45, 7) is 3.95. The second-order valence-corrected chi connectivity index (χ2v) is 7.93. The minimum atomic E-state index is -0.0303. The monoisotopic (exact) mass is 401 g/mol. The predicted octanol–water partition coefficient (Wildman–Crippen LogP) is 3.75. The molecule has 0 amide bonds. The molecule has 1 saturated carbocycles. The van der Waals surface area contributed by atoms with Crippen LogP contribution in [-0.4, -0.2) is 41.3 Å². The van der Waals surface area contributed by atoms with Crippen molar-refractivity contribution >= 4 is 28.2 Å². The van der Waals surface area contributed by atoms with Crippen molar-refractivity contribution in [3.05, 3.63) is 45.7 Å². The van der Waals surface area contributed by atoms with Gasteiger partial charge in [0.25, 0.3) is 5.56 Å². The van der Waals surface area contributed by atoms with Crippen molar-refractivity contribution in [2.24, 2.45) is 0 Å². The molecule has 3 rings (SSSR count). The molecule has 0 radical (unpaired) electrons. The van der Waals surface area contributed by atoms with Crippen LogP contribution in [0.25, 0.3) is 10.9 Å². The Kier molecular flexibility index (Phi) is 7.45. The van der Waals surface area contributed by atoms with Gasteiger partial charge in [-0.2, -0.15) is 0 Å². The third kappa shape index (κ3) is 5.11. The van der Waals surface area contributed by atoms with E-state index in [2.05, 4.69) is 34.3 Å². The number of pyridine rings is 1. The summed E-state index contributed by atoms with van der Waals surface area (Å²) in [4.78, 5) is 18.0. The lowest BCUT2D eigenvalue weighted by Crippen LogP contribution is -2.47. The van der Waals surface area contributed by atoms with Gasteiger partial charge >= 0.3 is 0 Å². The van der Waals surface area contributed by atoms with Crippen molar-refractivity contribution in [3.8, 4) is 0 Å². The van der Waals surface area contributed by atoms with Crippen molar-refractivity contribution in [2.45, 2.75) is 58.0 Å². The Morgan fingerprint density at radius 1 is 1.29 bits per heavy atom. The van der Waals surface area contributed by atoms with Crippen LogP contribution in [0.1, 0.15) is 50.2 Å². The van der Waals surface area contributed by atoms with Crippen LogP contribution >= 0.6 is 12.2 Å². The zero-order chi connectivity index (χ0) is 19.9. The number of aryl methyl sites for hydroxylation is 1. The summed E-state index contributed by atoms with van der Waals surface area (Å²) in [6, 6.07) is 8.64. The first kappa shape index (κ1) is 20.8. The first-order chi connectivity index (χ1) is 13.6. The highest BCUT2D eigenvalue weighted by Crippen LogP contribution is 2.24. The number of hydrogen-bond donors (Lipinski definition) is 2. The van der Waals surface area contributed by atoms with Gasteiger partial charge in [0, 0.05) is 30.8 Å². The fourth-order valence-electron chi connectivity index (χ4n) is 3.94. The summed E-state index contributed by atoms with van der Waals surface area (Å²) < 4.78 is 5.13. The average molecular weight is 402 g/mol. The molecule has 2 N–H and O–H groups in total. The SMILES string of the molecule is CCc1ccc2[nH]c(=O)c(CN(C(=S)NCCOC)C3CCCCC3)cc2c1. The molecule has 1 aromatic carbocycles. The maximum absolute atomic E-state index is 12.7. The number of nitrogens with one attached hydrogen (secondary N) is 2. The van der Waals surface area contributed by atoms with Gasteiger partial charge < -0.3 is 19.9 Å². The summed E-state index contributed by atoms with van der Waals surface area (Å²) in [7, 11) is 1.68. The third-order valence-electron chi connectivity index (χ3n) is 5.59. The molecule has 1 aliphatic carbocycles. The molecular weight excluding hydrogens is 370 g/mol. The Labute approximate surface area is 172 Å². The molecule has 0 atom stereocenters. The van der Waals surface area contributed by atoms with Crippen LogP contribution in [0.4, 0.5) is 0 Å². The lowest BCUT2D eigenvalue weighted by molar-refractivity contribution is 0.199. The van der Waals surface area contributed by atoms with Gasteiger partial charge in [0.2, 0.25) is 0 Å². The van der Waals surface area contributed by atoms with E-state index >= 15 is 0 Å². The van der Waals surface area contributed by atoms with E-state index in [9.17, 15) is 4.79 Å². The number of benzene rings is 1. The zero-order valence-corrected chi connectivity index (χ0v) is 17.7. The molecule has 152 valence electrons. The molecule has 6 heteroatoms. The van der Waals surface area contributed by atoms with E-state index in [1.54, 1.807) is 7.11 Å². The van der Waals surface area contributed by atoms with Crippen molar-refractivity contribution < 1.29 is 4.74 Å². The summed E-state index contributed by atoms with van der Waals surface area (Å²) in [6.07, 6.45) is 6.94. The van der Waals surface area contributed by atoms with Crippen molar-refractivity contribution in [2.75, 3.05) is 20.3 Å². The number of hydrogen-bond acceptors (Lipinski definition) is 3. The summed E-state index contributed by atoms with van der Waals surface area (Å²) in [5, 5.41) is 5.09. The molecule has 1 heterocycles. The van der Waals surface area contributed by atoms with Crippen LogP contribution in [0.5, 0.6) is 0 Å². The summed E-state index contributed by atoms with van der Waals surface area (Å²) in [5.41, 5.74) is 2.89. The van der Waals surface area contributed by atoms with Crippen LogP contribution in [-0.2, 0) is 17.7 Å². The van der Waals surface area contributed by atoms with Gasteiger partial charge in [0.15, 0.2) is 5.11 Å². The Hall–Kier alpha value is -1.92. The Morgan fingerprint density at radius 2 is 2.07 bits per heavy atom. The van der Waals surface area contributed by atoms with E-state index in [1.165, 1.54) is 24.8 Å². The smallest absolute Gasteiger partial charge is 0.253 e. The second kappa shape index (κ2) is 10.0.